The Morgan fingerprint density at radius 2 is 1.88 bits per heavy atom. The Labute approximate surface area is 200 Å². The third-order valence-electron chi connectivity index (χ3n) is 6.43. The number of anilines is 1. The van der Waals surface area contributed by atoms with E-state index < -0.39 is 0 Å². The minimum atomic E-state index is -0.0561. The molecule has 0 radical (unpaired) electrons. The number of amides is 1. The van der Waals surface area contributed by atoms with Gasteiger partial charge in [-0.25, -0.2) is 4.31 Å². The van der Waals surface area contributed by atoms with Crippen LogP contribution in [0.25, 0.3) is 0 Å². The van der Waals surface area contributed by atoms with E-state index in [1.54, 1.807) is 26.1 Å². The van der Waals surface area contributed by atoms with E-state index in [0.717, 1.165) is 36.4 Å². The average Bonchev–Trinajstić information content (AvgIpc) is 2.77. The highest BCUT2D eigenvalue weighted by Gasteiger charge is 2.31. The summed E-state index contributed by atoms with van der Waals surface area (Å²) >= 11 is 8.25. The lowest BCUT2D eigenvalue weighted by atomic mass is 9.84. The van der Waals surface area contributed by atoms with Crippen molar-refractivity contribution in [1.82, 2.24) is 9.21 Å². The van der Waals surface area contributed by atoms with Gasteiger partial charge in [-0.3, -0.25) is 4.79 Å². The van der Waals surface area contributed by atoms with E-state index in [9.17, 15) is 4.79 Å². The number of rotatable bonds is 7. The molecule has 2 fully saturated rings. The molecule has 0 atom stereocenters. The van der Waals surface area contributed by atoms with E-state index in [1.807, 2.05) is 42.3 Å². The van der Waals surface area contributed by atoms with Gasteiger partial charge in [-0.1, -0.05) is 17.7 Å². The number of halogens is 1. The van der Waals surface area contributed by atoms with Gasteiger partial charge < -0.3 is 14.5 Å². The van der Waals surface area contributed by atoms with Crippen LogP contribution >= 0.6 is 23.5 Å². The summed E-state index contributed by atoms with van der Waals surface area (Å²) in [4.78, 5) is 17.4. The lowest BCUT2D eigenvalue weighted by Gasteiger charge is -2.41. The van der Waals surface area contributed by atoms with E-state index in [2.05, 4.69) is 21.3 Å². The molecule has 0 spiro atoms. The van der Waals surface area contributed by atoms with Crippen molar-refractivity contribution in [3.8, 4) is 5.75 Å². The average molecular weight is 474 g/mol. The highest BCUT2D eigenvalue weighted by Crippen LogP contribution is 2.37. The molecule has 0 aromatic heterocycles. The van der Waals surface area contributed by atoms with Crippen LogP contribution in [0, 0.1) is 11.8 Å². The summed E-state index contributed by atoms with van der Waals surface area (Å²) in [6.45, 7) is 4.44. The van der Waals surface area contributed by atoms with Gasteiger partial charge in [0.1, 0.15) is 5.75 Å². The Hall–Kier alpha value is -1.89. The molecule has 4 rings (SSSR count). The zero-order valence-corrected chi connectivity index (χ0v) is 20.7. The maximum Gasteiger partial charge on any atom is 0.254 e. The number of benzene rings is 2. The molecule has 0 bridgehead atoms. The lowest BCUT2D eigenvalue weighted by Crippen LogP contribution is -2.44. The van der Waals surface area contributed by atoms with Crippen LogP contribution in [0.1, 0.15) is 29.6 Å². The van der Waals surface area contributed by atoms with Gasteiger partial charge in [-0.15, -0.1) is 0 Å². The first-order chi connectivity index (χ1) is 15.4. The van der Waals surface area contributed by atoms with Crippen molar-refractivity contribution in [2.75, 3.05) is 52.3 Å². The molecule has 32 heavy (non-hydrogen) atoms. The van der Waals surface area contributed by atoms with E-state index in [4.69, 9.17) is 16.3 Å². The van der Waals surface area contributed by atoms with Crippen molar-refractivity contribution in [3.63, 3.8) is 0 Å². The van der Waals surface area contributed by atoms with Crippen LogP contribution in [-0.4, -0.2) is 62.5 Å². The van der Waals surface area contributed by atoms with Gasteiger partial charge in [0.2, 0.25) is 0 Å². The first kappa shape index (κ1) is 23.3. The van der Waals surface area contributed by atoms with Crippen LogP contribution in [0.5, 0.6) is 5.75 Å². The van der Waals surface area contributed by atoms with Crippen LogP contribution in [-0.2, 0) is 0 Å². The van der Waals surface area contributed by atoms with Crippen LogP contribution in [0.2, 0.25) is 5.02 Å². The Kier molecular flexibility index (Phi) is 7.54. The van der Waals surface area contributed by atoms with Crippen LogP contribution in [0.4, 0.5) is 5.69 Å². The first-order valence-corrected chi connectivity index (χ1v) is 12.4. The first-order valence-electron chi connectivity index (χ1n) is 11.3. The second-order valence-corrected chi connectivity index (χ2v) is 10.6. The van der Waals surface area contributed by atoms with Crippen molar-refractivity contribution in [3.05, 3.63) is 53.1 Å². The van der Waals surface area contributed by atoms with Gasteiger partial charge in [0.05, 0.1) is 17.7 Å². The number of nitrogens with zero attached hydrogens (tertiary/aromatic N) is 3. The summed E-state index contributed by atoms with van der Waals surface area (Å²) in [5.74, 6) is 2.46. The van der Waals surface area contributed by atoms with Gasteiger partial charge in [0.15, 0.2) is 0 Å². The summed E-state index contributed by atoms with van der Waals surface area (Å²) in [7, 11) is 5.21. The Bertz CT molecular complexity index is 941. The molecule has 2 heterocycles. The van der Waals surface area contributed by atoms with Crippen molar-refractivity contribution >= 4 is 35.1 Å². The van der Waals surface area contributed by atoms with Crippen LogP contribution < -0.4 is 9.64 Å². The summed E-state index contributed by atoms with van der Waals surface area (Å²) < 4.78 is 7.77. The van der Waals surface area contributed by atoms with Gasteiger partial charge >= 0.3 is 0 Å². The lowest BCUT2D eigenvalue weighted by molar-refractivity contribution is 0.0828. The fourth-order valence-electron chi connectivity index (χ4n) is 4.57. The molecule has 1 amide bonds. The van der Waals surface area contributed by atoms with Gasteiger partial charge in [-0.05, 0) is 79.4 Å². The van der Waals surface area contributed by atoms with E-state index in [-0.39, 0.29) is 5.91 Å². The third-order valence-corrected chi connectivity index (χ3v) is 7.77. The second-order valence-electron chi connectivity index (χ2n) is 9.01. The number of carbonyl (C=O) groups excluding carboxylic acids is 1. The minimum absolute atomic E-state index is 0.0561. The molecule has 7 heteroatoms. The number of hydrogen-bond donors (Lipinski definition) is 0. The number of carbonyl (C=O) groups is 1. The van der Waals surface area contributed by atoms with E-state index in [1.165, 1.54) is 37.2 Å². The predicted octanol–water partition coefficient (Wildman–Crippen LogP) is 5.30. The molecule has 2 aliphatic heterocycles. The minimum Gasteiger partial charge on any atom is -0.497 e. The monoisotopic (exact) mass is 473 g/mol. The van der Waals surface area contributed by atoms with Crippen LogP contribution in [0.3, 0.4) is 0 Å². The van der Waals surface area contributed by atoms with Crippen molar-refractivity contribution in [2.45, 2.75) is 24.2 Å². The molecule has 2 saturated heterocycles. The van der Waals surface area contributed by atoms with Crippen LogP contribution in [0.15, 0.2) is 47.4 Å². The van der Waals surface area contributed by atoms with E-state index >= 15 is 0 Å². The molecule has 5 nitrogen and oxygen atoms in total. The fraction of sp³-hybridized carbons (Fsp3) is 0.480. The number of methoxy groups -OCH3 is 1. The number of ether oxygens (including phenoxy) is 1. The molecule has 0 saturated carbocycles. The van der Waals surface area contributed by atoms with Crippen molar-refractivity contribution in [2.24, 2.45) is 11.8 Å². The van der Waals surface area contributed by atoms with Crippen molar-refractivity contribution < 1.29 is 9.53 Å². The maximum atomic E-state index is 12.2. The van der Waals surface area contributed by atoms with Gasteiger partial charge in [0, 0.05) is 50.9 Å². The molecule has 2 aliphatic rings. The Morgan fingerprint density at radius 1 is 1.12 bits per heavy atom. The molecule has 2 aromatic rings. The maximum absolute atomic E-state index is 12.2. The molecule has 2 aromatic carbocycles. The van der Waals surface area contributed by atoms with Crippen molar-refractivity contribution in [1.29, 1.82) is 0 Å². The summed E-state index contributed by atoms with van der Waals surface area (Å²) in [6, 6.07) is 14.1. The standard InChI is InChI=1S/C25H32ClN3O2S/c1-27(2)25(30)23-8-7-20(14-24(23)26)28-11-9-18(10-12-28)13-19-16-29(17-19)32-22-6-4-5-21(15-22)31-3/h4-8,14-15,18-19H,9-13,16-17H2,1-3H3. The number of piperidine rings is 1. The Balaban J connectivity index is 1.21. The Morgan fingerprint density at radius 3 is 2.53 bits per heavy atom. The highest BCUT2D eigenvalue weighted by atomic mass is 35.5. The fourth-order valence-corrected chi connectivity index (χ4v) is 6.00. The summed E-state index contributed by atoms with van der Waals surface area (Å²) in [5, 5.41) is 0.534. The second kappa shape index (κ2) is 10.4. The zero-order chi connectivity index (χ0) is 22.7. The highest BCUT2D eigenvalue weighted by molar-refractivity contribution is 7.97. The normalized spacial score (nSPS) is 17.8. The predicted molar refractivity (Wildman–Crippen MR) is 133 cm³/mol. The molecule has 0 N–H and O–H groups in total. The smallest absolute Gasteiger partial charge is 0.254 e. The van der Waals surface area contributed by atoms with Gasteiger partial charge in [0.25, 0.3) is 5.91 Å². The molecule has 0 aliphatic carbocycles. The van der Waals surface area contributed by atoms with Gasteiger partial charge in [-0.2, -0.15) is 0 Å². The topological polar surface area (TPSA) is 36.0 Å². The largest absolute Gasteiger partial charge is 0.497 e. The summed E-state index contributed by atoms with van der Waals surface area (Å²) in [5.41, 5.74) is 1.69. The molecular weight excluding hydrogens is 442 g/mol. The quantitative estimate of drug-likeness (QED) is 0.510. The molecular formula is C25H32ClN3O2S. The van der Waals surface area contributed by atoms with E-state index in [0.29, 0.717) is 10.6 Å². The molecule has 0 unspecified atom stereocenters. The molecule has 172 valence electrons. The zero-order valence-electron chi connectivity index (χ0n) is 19.1. The number of hydrogen-bond acceptors (Lipinski definition) is 5. The SMILES string of the molecule is COc1cccc(SN2CC(CC3CCN(c4ccc(C(=O)N(C)C)c(Cl)c4)CC3)C2)c1. The third kappa shape index (κ3) is 5.53. The summed E-state index contributed by atoms with van der Waals surface area (Å²) in [6.07, 6.45) is 3.76.